The molecule has 5 nitrogen and oxygen atoms in total. The maximum Gasteiger partial charge on any atom is 0.0207 e. The topological polar surface area (TPSA) is 25.0 Å². The molecular weight excluding hydrogens is 851 g/mol. The van der Waals surface area contributed by atoms with Crippen molar-refractivity contribution in [3.63, 3.8) is 0 Å². The summed E-state index contributed by atoms with van der Waals surface area (Å²) in [6.45, 7) is 28.3. The van der Waals surface area contributed by atoms with Crippen LogP contribution < -0.4 is 5.32 Å². The maximum atomic E-state index is 4.19. The van der Waals surface area contributed by atoms with E-state index in [1.165, 1.54) is 380 Å². The highest BCUT2D eigenvalue weighted by Crippen LogP contribution is 2.17. The van der Waals surface area contributed by atoms with Crippen LogP contribution in [0, 0.1) is 0 Å². The monoisotopic (exact) mass is 986 g/mol. The van der Waals surface area contributed by atoms with Crippen molar-refractivity contribution in [1.82, 2.24) is 24.9 Å². The Hall–Kier alpha value is -0.200. The first-order valence-corrected chi connectivity index (χ1v) is 33.3. The third kappa shape index (κ3) is 47.5. The highest BCUT2D eigenvalue weighted by molar-refractivity contribution is 4.79. The third-order valence-electron chi connectivity index (χ3n) is 16.5. The van der Waals surface area contributed by atoms with Crippen molar-refractivity contribution in [3.8, 4) is 0 Å². The van der Waals surface area contributed by atoms with Crippen LogP contribution >= 0.6 is 0 Å². The van der Waals surface area contributed by atoms with Crippen LogP contribution in [-0.2, 0) is 0 Å². The van der Waals surface area contributed by atoms with Gasteiger partial charge < -0.3 is 20.0 Å². The predicted octanol–water partition coefficient (Wildman–Crippen LogP) is 19.2. The lowest BCUT2D eigenvalue weighted by molar-refractivity contribution is 0.112. The second-order valence-corrected chi connectivity index (χ2v) is 23.4. The zero-order valence-corrected chi connectivity index (χ0v) is 49.6. The van der Waals surface area contributed by atoms with Crippen molar-refractivity contribution >= 4 is 0 Å². The number of nitrogens with zero attached hydrogens (tertiary/aromatic N) is 4. The molecule has 1 rings (SSSR count). The van der Waals surface area contributed by atoms with E-state index in [9.17, 15) is 0 Å². The molecule has 1 fully saturated rings. The van der Waals surface area contributed by atoms with E-state index in [1.54, 1.807) is 0 Å². The Balaban J connectivity index is 2.66. The first-order valence-electron chi connectivity index (χ1n) is 33.3. The fraction of sp³-hybridized carbons (Fsp3) is 1.00. The minimum Gasteiger partial charge on any atom is -0.313 e. The van der Waals surface area contributed by atoms with E-state index in [0.717, 1.165) is 0 Å². The summed E-state index contributed by atoms with van der Waals surface area (Å²) in [6, 6.07) is 0.626. The molecule has 0 aromatic heterocycles. The van der Waals surface area contributed by atoms with Gasteiger partial charge in [0.05, 0.1) is 0 Å². The Morgan fingerprint density at radius 2 is 0.543 bits per heavy atom. The smallest absolute Gasteiger partial charge is 0.0207 e. The van der Waals surface area contributed by atoms with Gasteiger partial charge in [0.25, 0.3) is 0 Å². The van der Waals surface area contributed by atoms with Crippen LogP contribution in [0.1, 0.15) is 330 Å². The van der Waals surface area contributed by atoms with E-state index in [4.69, 9.17) is 0 Å². The van der Waals surface area contributed by atoms with E-state index in [1.807, 2.05) is 0 Å². The van der Waals surface area contributed by atoms with Gasteiger partial charge >= 0.3 is 0 Å². The Labute approximate surface area is 444 Å². The van der Waals surface area contributed by atoms with E-state index in [0.29, 0.717) is 6.04 Å². The second kappa shape index (κ2) is 56.5. The molecule has 0 bridgehead atoms. The van der Waals surface area contributed by atoms with Crippen molar-refractivity contribution < 1.29 is 0 Å². The summed E-state index contributed by atoms with van der Waals surface area (Å²) in [5, 5.41) is 4.19. The first kappa shape index (κ1) is 67.8. The standard InChI is InChI=1S/C65H135N5/c1-6-11-16-21-26-28-30-32-34-39-42-47-53-67(54-48-43-40-35-33-31-29-27-22-17-12-7-2)58-61-69-62-59-68(60-63-69)57-51-65(66-52-46-41-36-23-18-13-8-3)64-70(55-49-44-37-24-19-14-9-4)56-50-45-38-25-20-15-10-5/h65-66H,6-64H2,1-5H3. The summed E-state index contributed by atoms with van der Waals surface area (Å²) in [6.07, 6.45) is 65.7. The molecule has 70 heavy (non-hydrogen) atoms. The molecule has 1 saturated heterocycles. The van der Waals surface area contributed by atoms with Crippen LogP contribution in [0.25, 0.3) is 0 Å². The lowest BCUT2D eigenvalue weighted by atomic mass is 10.0. The minimum absolute atomic E-state index is 0.626. The Morgan fingerprint density at radius 3 is 0.857 bits per heavy atom. The lowest BCUT2D eigenvalue weighted by Crippen LogP contribution is -2.50. The van der Waals surface area contributed by atoms with E-state index in [-0.39, 0.29) is 0 Å². The van der Waals surface area contributed by atoms with Crippen LogP contribution in [0.2, 0.25) is 0 Å². The summed E-state index contributed by atoms with van der Waals surface area (Å²) in [5.74, 6) is 0. The first-order chi connectivity index (χ1) is 34.7. The number of rotatable bonds is 59. The van der Waals surface area contributed by atoms with Crippen molar-refractivity contribution in [2.45, 2.75) is 336 Å². The number of piperazine rings is 1. The van der Waals surface area contributed by atoms with Gasteiger partial charge in [-0.15, -0.1) is 0 Å². The number of hydrogen-bond donors (Lipinski definition) is 1. The molecule has 0 amide bonds. The minimum atomic E-state index is 0.626. The summed E-state index contributed by atoms with van der Waals surface area (Å²) >= 11 is 0. The third-order valence-corrected chi connectivity index (χ3v) is 16.5. The summed E-state index contributed by atoms with van der Waals surface area (Å²) in [4.78, 5) is 11.5. The van der Waals surface area contributed by atoms with E-state index >= 15 is 0 Å². The van der Waals surface area contributed by atoms with Crippen molar-refractivity contribution in [1.29, 1.82) is 0 Å². The average Bonchev–Trinajstić information content (AvgIpc) is 3.37. The van der Waals surface area contributed by atoms with Crippen LogP contribution in [0.5, 0.6) is 0 Å². The number of nitrogens with one attached hydrogen (secondary N) is 1. The van der Waals surface area contributed by atoms with Gasteiger partial charge in [-0.1, -0.05) is 291 Å². The Kier molecular flexibility index (Phi) is 54.8. The molecule has 1 N–H and O–H groups in total. The van der Waals surface area contributed by atoms with Gasteiger partial charge in [-0.05, 0) is 77.8 Å². The van der Waals surface area contributed by atoms with Crippen LogP contribution in [-0.4, -0.2) is 111 Å². The molecule has 1 atom stereocenters. The molecule has 0 aromatic carbocycles. The fourth-order valence-corrected chi connectivity index (χ4v) is 11.4. The molecule has 5 heteroatoms. The number of unbranched alkanes of at least 4 members (excludes halogenated alkanes) is 40. The normalized spacial score (nSPS) is 14.3. The molecule has 1 unspecified atom stereocenters. The van der Waals surface area contributed by atoms with Crippen LogP contribution in [0.3, 0.4) is 0 Å². The van der Waals surface area contributed by atoms with Crippen molar-refractivity contribution in [2.24, 2.45) is 0 Å². The summed E-state index contributed by atoms with van der Waals surface area (Å²) in [7, 11) is 0. The van der Waals surface area contributed by atoms with Crippen molar-refractivity contribution in [2.75, 3.05) is 85.1 Å². The molecule has 0 spiro atoms. The predicted molar refractivity (Wildman–Crippen MR) is 318 cm³/mol. The lowest BCUT2D eigenvalue weighted by Gasteiger charge is -2.37. The highest BCUT2D eigenvalue weighted by Gasteiger charge is 2.20. The molecule has 0 saturated carbocycles. The van der Waals surface area contributed by atoms with Crippen molar-refractivity contribution in [3.05, 3.63) is 0 Å². The van der Waals surface area contributed by atoms with Gasteiger partial charge in [-0.3, -0.25) is 4.90 Å². The van der Waals surface area contributed by atoms with Gasteiger partial charge in [0, 0.05) is 51.9 Å². The zero-order valence-electron chi connectivity index (χ0n) is 49.6. The van der Waals surface area contributed by atoms with Crippen LogP contribution in [0.15, 0.2) is 0 Å². The number of hydrogen-bond acceptors (Lipinski definition) is 5. The van der Waals surface area contributed by atoms with Crippen LogP contribution in [0.4, 0.5) is 0 Å². The Morgan fingerprint density at radius 1 is 0.286 bits per heavy atom. The molecule has 0 radical (unpaired) electrons. The van der Waals surface area contributed by atoms with Gasteiger partial charge in [-0.25, -0.2) is 0 Å². The molecule has 1 aliphatic heterocycles. The van der Waals surface area contributed by atoms with E-state index < -0.39 is 0 Å². The zero-order chi connectivity index (χ0) is 50.3. The van der Waals surface area contributed by atoms with E-state index in [2.05, 4.69) is 59.5 Å². The largest absolute Gasteiger partial charge is 0.313 e. The molecule has 420 valence electrons. The highest BCUT2D eigenvalue weighted by atomic mass is 15.3. The van der Waals surface area contributed by atoms with Gasteiger partial charge in [0.2, 0.25) is 0 Å². The quantitative estimate of drug-likeness (QED) is 0.0613. The SMILES string of the molecule is CCCCCCCCCCCCCCN(CCCCCCCCCCCCCC)CCN1CCN(CCC(CN(CCCCCCCCC)CCCCCCCCC)NCCCCCCCCC)CC1. The average molecular weight is 987 g/mol. The molecular formula is C65H135N5. The van der Waals surface area contributed by atoms with Gasteiger partial charge in [-0.2, -0.15) is 0 Å². The summed E-state index contributed by atoms with van der Waals surface area (Å²) in [5.41, 5.74) is 0. The van der Waals surface area contributed by atoms with Gasteiger partial charge in [0.15, 0.2) is 0 Å². The second-order valence-electron chi connectivity index (χ2n) is 23.4. The molecule has 1 aliphatic rings. The summed E-state index contributed by atoms with van der Waals surface area (Å²) < 4.78 is 0. The fourth-order valence-electron chi connectivity index (χ4n) is 11.4. The molecule has 0 aromatic rings. The maximum absolute atomic E-state index is 4.19. The molecule has 1 heterocycles. The molecule has 0 aliphatic carbocycles. The Bertz CT molecular complexity index is 906. The van der Waals surface area contributed by atoms with Gasteiger partial charge in [0.1, 0.15) is 0 Å².